The van der Waals surface area contributed by atoms with Crippen molar-refractivity contribution in [2.24, 2.45) is 0 Å². The van der Waals surface area contributed by atoms with E-state index in [2.05, 4.69) is 4.98 Å². The molecule has 0 fully saturated rings. The summed E-state index contributed by atoms with van der Waals surface area (Å²) in [5.74, 6) is -1.73. The van der Waals surface area contributed by atoms with Crippen LogP contribution in [0.5, 0.6) is 0 Å². The third-order valence-corrected chi connectivity index (χ3v) is 2.85. The molecule has 90 valence electrons. The fraction of sp³-hybridized carbons (Fsp3) is 0.143. The molecule has 1 aromatic heterocycles. The predicted molar refractivity (Wildman–Crippen MR) is 63.8 cm³/mol. The van der Waals surface area contributed by atoms with Crippen molar-refractivity contribution in [1.29, 1.82) is 5.26 Å². The summed E-state index contributed by atoms with van der Waals surface area (Å²) in [5, 5.41) is 8.72. The summed E-state index contributed by atoms with van der Waals surface area (Å²) in [6, 6.07) is 5.61. The van der Waals surface area contributed by atoms with Crippen molar-refractivity contribution >= 4 is 0 Å². The topological polar surface area (TPSA) is 36.7 Å². The van der Waals surface area contributed by atoms with Crippen LogP contribution in [0.3, 0.4) is 0 Å². The first-order chi connectivity index (χ1) is 8.54. The second-order valence-corrected chi connectivity index (χ2v) is 4.05. The maximum atomic E-state index is 13.9. The molecule has 1 aromatic carbocycles. The average molecular weight is 244 g/mol. The minimum atomic E-state index is -0.867. The van der Waals surface area contributed by atoms with Gasteiger partial charge in [0.05, 0.1) is 5.69 Å². The van der Waals surface area contributed by atoms with Gasteiger partial charge in [0.25, 0.3) is 0 Å². The highest BCUT2D eigenvalue weighted by Gasteiger charge is 2.15. The molecule has 2 aromatic rings. The van der Waals surface area contributed by atoms with Gasteiger partial charge in [-0.2, -0.15) is 5.26 Å². The van der Waals surface area contributed by atoms with Gasteiger partial charge in [0.1, 0.15) is 17.4 Å². The lowest BCUT2D eigenvalue weighted by Gasteiger charge is -2.07. The van der Waals surface area contributed by atoms with Crippen LogP contribution in [0.15, 0.2) is 24.4 Å². The van der Waals surface area contributed by atoms with Crippen molar-refractivity contribution in [2.45, 2.75) is 13.8 Å². The van der Waals surface area contributed by atoms with Crippen LogP contribution in [-0.4, -0.2) is 4.98 Å². The molecule has 0 atom stereocenters. The molecule has 2 rings (SSSR count). The molecule has 0 amide bonds. The number of nitriles is 1. The lowest BCUT2D eigenvalue weighted by atomic mass is 10.0. The largest absolute Gasteiger partial charge is 0.256 e. The van der Waals surface area contributed by atoms with Crippen molar-refractivity contribution in [3.05, 3.63) is 52.7 Å². The molecule has 0 bridgehead atoms. The zero-order valence-corrected chi connectivity index (χ0v) is 9.96. The van der Waals surface area contributed by atoms with Gasteiger partial charge in [0.2, 0.25) is 0 Å². The van der Waals surface area contributed by atoms with Crippen LogP contribution in [0.2, 0.25) is 0 Å². The van der Waals surface area contributed by atoms with Gasteiger partial charge in [0, 0.05) is 11.8 Å². The fourth-order valence-corrected chi connectivity index (χ4v) is 1.62. The number of pyridine rings is 1. The van der Waals surface area contributed by atoms with Crippen LogP contribution in [0, 0.1) is 36.8 Å². The van der Waals surface area contributed by atoms with Crippen LogP contribution in [0.1, 0.15) is 16.7 Å². The maximum Gasteiger partial charge on any atom is 0.153 e. The van der Waals surface area contributed by atoms with Gasteiger partial charge >= 0.3 is 0 Å². The summed E-state index contributed by atoms with van der Waals surface area (Å²) in [6.45, 7) is 3.78. The number of aryl methyl sites for hydroxylation is 2. The normalized spacial score (nSPS) is 10.2. The number of benzene rings is 1. The van der Waals surface area contributed by atoms with E-state index in [9.17, 15) is 8.78 Å². The zero-order valence-electron chi connectivity index (χ0n) is 9.96. The van der Waals surface area contributed by atoms with Gasteiger partial charge in [-0.3, -0.25) is 4.98 Å². The Morgan fingerprint density at radius 3 is 2.50 bits per heavy atom. The molecule has 0 aliphatic heterocycles. The first-order valence-electron chi connectivity index (χ1n) is 5.36. The zero-order chi connectivity index (χ0) is 13.3. The number of hydrogen-bond acceptors (Lipinski definition) is 2. The van der Waals surface area contributed by atoms with Crippen molar-refractivity contribution in [1.82, 2.24) is 4.98 Å². The van der Waals surface area contributed by atoms with Gasteiger partial charge in [-0.1, -0.05) is 0 Å². The van der Waals surface area contributed by atoms with Crippen molar-refractivity contribution < 1.29 is 8.78 Å². The number of halogens is 2. The summed E-state index contributed by atoms with van der Waals surface area (Å²) in [6.07, 6.45) is 1.62. The Morgan fingerprint density at radius 1 is 1.17 bits per heavy atom. The number of rotatable bonds is 1. The molecule has 0 N–H and O–H groups in total. The van der Waals surface area contributed by atoms with E-state index < -0.39 is 17.2 Å². The van der Waals surface area contributed by atoms with Crippen molar-refractivity contribution in [3.8, 4) is 17.3 Å². The van der Waals surface area contributed by atoms with E-state index >= 15 is 0 Å². The summed E-state index contributed by atoms with van der Waals surface area (Å²) >= 11 is 0. The third kappa shape index (κ3) is 1.95. The van der Waals surface area contributed by atoms with Crippen LogP contribution >= 0.6 is 0 Å². The van der Waals surface area contributed by atoms with Gasteiger partial charge < -0.3 is 0 Å². The SMILES string of the molecule is Cc1cnc(-c2ccc(F)c(C#N)c2F)cc1C. The van der Waals surface area contributed by atoms with Crippen molar-refractivity contribution in [2.75, 3.05) is 0 Å². The molecule has 1 heterocycles. The molecule has 0 aliphatic carbocycles. The molecular formula is C14H10F2N2. The second kappa shape index (κ2) is 4.53. The standard InChI is InChI=1S/C14H10F2N2/c1-8-5-13(18-7-9(8)2)10-3-4-12(15)11(6-17)14(10)16/h3-5,7H,1-2H3. The van der Waals surface area contributed by atoms with Gasteiger partial charge in [-0.15, -0.1) is 0 Å². The Balaban J connectivity index is 2.65. The van der Waals surface area contributed by atoms with E-state index in [1.54, 1.807) is 12.3 Å². The summed E-state index contributed by atoms with van der Waals surface area (Å²) in [7, 11) is 0. The minimum Gasteiger partial charge on any atom is -0.256 e. The second-order valence-electron chi connectivity index (χ2n) is 4.05. The Labute approximate surface area is 104 Å². The van der Waals surface area contributed by atoms with Gasteiger partial charge in [-0.05, 0) is 43.2 Å². The van der Waals surface area contributed by atoms with Crippen LogP contribution in [0.25, 0.3) is 11.3 Å². The molecule has 0 saturated carbocycles. The smallest absolute Gasteiger partial charge is 0.153 e. The fourth-order valence-electron chi connectivity index (χ4n) is 1.62. The first-order valence-corrected chi connectivity index (χ1v) is 5.36. The summed E-state index contributed by atoms with van der Waals surface area (Å²) < 4.78 is 27.2. The highest BCUT2D eigenvalue weighted by Crippen LogP contribution is 2.26. The quantitative estimate of drug-likeness (QED) is 0.769. The molecule has 0 spiro atoms. The van der Waals surface area contributed by atoms with Gasteiger partial charge in [-0.25, -0.2) is 8.78 Å². The van der Waals surface area contributed by atoms with Crippen LogP contribution in [-0.2, 0) is 0 Å². The van der Waals surface area contributed by atoms with E-state index in [4.69, 9.17) is 5.26 Å². The first kappa shape index (κ1) is 12.2. The lowest BCUT2D eigenvalue weighted by Crippen LogP contribution is -1.96. The Morgan fingerprint density at radius 2 is 1.89 bits per heavy atom. The molecule has 2 nitrogen and oxygen atoms in total. The highest BCUT2D eigenvalue weighted by molar-refractivity contribution is 5.63. The van der Waals surface area contributed by atoms with E-state index in [1.807, 2.05) is 13.8 Å². The minimum absolute atomic E-state index is 0.135. The van der Waals surface area contributed by atoms with Crippen LogP contribution in [0.4, 0.5) is 8.78 Å². The number of nitrogens with zero attached hydrogens (tertiary/aromatic N) is 2. The summed E-state index contributed by atoms with van der Waals surface area (Å²) in [5.41, 5.74) is 1.90. The van der Waals surface area contributed by atoms with Gasteiger partial charge in [0.15, 0.2) is 5.82 Å². The molecule has 0 unspecified atom stereocenters. The van der Waals surface area contributed by atoms with Crippen LogP contribution < -0.4 is 0 Å². The predicted octanol–water partition coefficient (Wildman–Crippen LogP) is 3.52. The van der Waals surface area contributed by atoms with E-state index in [0.717, 1.165) is 17.2 Å². The molecular weight excluding hydrogens is 234 g/mol. The molecule has 0 aliphatic rings. The lowest BCUT2D eigenvalue weighted by molar-refractivity contribution is 0.579. The monoisotopic (exact) mass is 244 g/mol. The Bertz CT molecular complexity index is 658. The third-order valence-electron chi connectivity index (χ3n) is 2.85. The average Bonchev–Trinajstić information content (AvgIpc) is 2.34. The molecule has 0 radical (unpaired) electrons. The Kier molecular flexibility index (Phi) is 3.07. The maximum absolute atomic E-state index is 13.9. The highest BCUT2D eigenvalue weighted by atomic mass is 19.1. The molecule has 0 saturated heterocycles. The molecule has 4 heteroatoms. The molecule has 18 heavy (non-hydrogen) atoms. The van der Waals surface area contributed by atoms with Crippen molar-refractivity contribution in [3.63, 3.8) is 0 Å². The Hall–Kier alpha value is -2.28. The number of hydrogen-bond donors (Lipinski definition) is 0. The van der Waals surface area contributed by atoms with E-state index in [-0.39, 0.29) is 5.56 Å². The number of aromatic nitrogens is 1. The van der Waals surface area contributed by atoms with E-state index in [0.29, 0.717) is 5.69 Å². The summed E-state index contributed by atoms with van der Waals surface area (Å²) in [4.78, 5) is 4.10. The van der Waals surface area contributed by atoms with E-state index in [1.165, 1.54) is 12.1 Å².